The average Bonchev–Trinajstić information content (AvgIpc) is 3.32. The molecular formula is C52H80N12O8. The van der Waals surface area contributed by atoms with E-state index in [1.165, 1.54) is 12.1 Å². The van der Waals surface area contributed by atoms with Gasteiger partial charge in [-0.2, -0.15) is 0 Å². The highest BCUT2D eigenvalue weighted by molar-refractivity contribution is 5.87. The number of aromatic amines is 2. The van der Waals surface area contributed by atoms with Crippen LogP contribution >= 0.6 is 0 Å². The minimum absolute atomic E-state index is 0.0617. The number of aromatic nitrogens is 8. The van der Waals surface area contributed by atoms with E-state index in [0.717, 1.165) is 138 Å². The number of carbonyl (C=O) groups is 2. The Morgan fingerprint density at radius 1 is 0.625 bits per heavy atom. The molecule has 6 rings (SSSR count). The van der Waals surface area contributed by atoms with Crippen molar-refractivity contribution in [3.05, 3.63) is 114 Å². The number of carboxylic acid groups (broad SMARTS) is 2. The molecule has 0 amide bonds. The van der Waals surface area contributed by atoms with Crippen LogP contribution in [-0.2, 0) is 46.4 Å². The first kappa shape index (κ1) is 58.3. The summed E-state index contributed by atoms with van der Waals surface area (Å²) in [4.78, 5) is 97.0. The molecule has 2 fully saturated rings. The third kappa shape index (κ3) is 19.0. The number of nitrogens with zero attached hydrogens (tertiary/aromatic N) is 8. The summed E-state index contributed by atoms with van der Waals surface area (Å²) in [5.41, 5.74) is 0.818. The number of rotatable bonds is 18. The number of hydrogen-bond donors (Lipinski definition) is 4. The fraction of sp³-hybridized carbons (Fsp3) is 0.615. The summed E-state index contributed by atoms with van der Waals surface area (Å²) in [5.74, 6) is 0.900. The van der Waals surface area contributed by atoms with Crippen molar-refractivity contribution in [1.82, 2.24) is 39.0 Å². The van der Waals surface area contributed by atoms with E-state index in [9.17, 15) is 39.0 Å². The molecule has 20 heteroatoms. The molecule has 0 aromatic carbocycles. The van der Waals surface area contributed by atoms with Crippen molar-refractivity contribution in [2.24, 2.45) is 0 Å². The van der Waals surface area contributed by atoms with Gasteiger partial charge < -0.3 is 48.5 Å². The van der Waals surface area contributed by atoms with Gasteiger partial charge in [-0.1, -0.05) is 68.2 Å². The largest absolute Gasteiger partial charge is 0.545 e. The van der Waals surface area contributed by atoms with E-state index in [1.807, 2.05) is 0 Å². The number of piperazine rings is 2. The van der Waals surface area contributed by atoms with Crippen LogP contribution in [0.2, 0.25) is 0 Å². The van der Waals surface area contributed by atoms with Crippen molar-refractivity contribution < 1.29 is 29.6 Å². The minimum Gasteiger partial charge on any atom is -0.545 e. The Morgan fingerprint density at radius 2 is 0.972 bits per heavy atom. The molecule has 2 atom stereocenters. The van der Waals surface area contributed by atoms with E-state index in [1.54, 1.807) is 31.3 Å². The summed E-state index contributed by atoms with van der Waals surface area (Å²) in [6, 6.07) is 8.21. The Bertz CT molecular complexity index is 2450. The number of H-pyrrole nitrogens is 2. The third-order valence-corrected chi connectivity index (χ3v) is 13.0. The lowest BCUT2D eigenvalue weighted by Crippen LogP contribution is -3.18. The summed E-state index contributed by atoms with van der Waals surface area (Å²) in [5, 5.41) is 18.8. The Balaban J connectivity index is 0.000000271. The molecular weight excluding hydrogens is 921 g/mol. The number of quaternary nitrogens is 2. The second kappa shape index (κ2) is 27.5. The zero-order valence-electron chi connectivity index (χ0n) is 44.3. The van der Waals surface area contributed by atoms with Gasteiger partial charge in [0.25, 0.3) is 11.1 Å². The Kier molecular flexibility index (Phi) is 22.3. The molecule has 2 saturated heterocycles. The monoisotopic (exact) mass is 1000 g/mol. The number of hydrogen-bond acceptors (Lipinski definition) is 14. The molecule has 0 saturated carbocycles. The number of carboxylic acids is 2. The Morgan fingerprint density at radius 3 is 1.26 bits per heavy atom. The molecule has 4 N–H and O–H groups in total. The van der Waals surface area contributed by atoms with Crippen LogP contribution < -0.4 is 52.3 Å². The fourth-order valence-corrected chi connectivity index (χ4v) is 8.68. The predicted octanol–water partition coefficient (Wildman–Crippen LogP) is -0.657. The lowest BCUT2D eigenvalue weighted by molar-refractivity contribution is -0.924. The minimum atomic E-state index is -1.55. The topological polar surface area (TPSA) is 257 Å². The van der Waals surface area contributed by atoms with Gasteiger partial charge in [-0.25, -0.2) is 29.5 Å². The van der Waals surface area contributed by atoms with Crippen LogP contribution in [0.5, 0.6) is 0 Å². The van der Waals surface area contributed by atoms with Crippen LogP contribution in [0.4, 0.5) is 11.6 Å². The molecule has 72 heavy (non-hydrogen) atoms. The second-order valence-electron chi connectivity index (χ2n) is 21.0. The highest BCUT2D eigenvalue weighted by Crippen LogP contribution is 2.24. The molecule has 0 spiro atoms. The van der Waals surface area contributed by atoms with E-state index < -0.39 is 11.9 Å². The number of aliphatic carboxylic acids is 2. The smallest absolute Gasteiger partial charge is 0.328 e. The van der Waals surface area contributed by atoms with Gasteiger partial charge >= 0.3 is 11.4 Å². The first-order valence-electron chi connectivity index (χ1n) is 25.6. The van der Waals surface area contributed by atoms with Crippen molar-refractivity contribution in [3.63, 3.8) is 0 Å². The van der Waals surface area contributed by atoms with Crippen LogP contribution in [0.25, 0.3) is 0 Å². The SMILES string of the molecule is CCCc1cc(N2CC[NH+](C(C)CCCn3ccc(=O)[nH]c3=O)CC2)nc(C(C)(C)C)n1.CCCc1cc(N2CC[NH+](C(C)CCCn3ccc(=O)[nH]c3=O)CC2)nc(C(C)(C)C)n1.O=C([O-])/C=C/C(=O)[O-]. The zero-order valence-corrected chi connectivity index (χ0v) is 44.3. The summed E-state index contributed by atoms with van der Waals surface area (Å²) >= 11 is 0. The lowest BCUT2D eigenvalue weighted by Gasteiger charge is -2.36. The fourth-order valence-electron chi connectivity index (χ4n) is 8.68. The maximum Gasteiger partial charge on any atom is 0.328 e. The van der Waals surface area contributed by atoms with E-state index >= 15 is 0 Å². The highest BCUT2D eigenvalue weighted by atomic mass is 16.4. The summed E-state index contributed by atoms with van der Waals surface area (Å²) in [6.07, 6.45) is 12.0. The lowest BCUT2D eigenvalue weighted by atomic mass is 9.95. The van der Waals surface area contributed by atoms with Gasteiger partial charge in [0.15, 0.2) is 0 Å². The van der Waals surface area contributed by atoms with E-state index in [-0.39, 0.29) is 33.3 Å². The normalized spacial score (nSPS) is 15.6. The van der Waals surface area contributed by atoms with Gasteiger partial charge in [-0.15, -0.1) is 0 Å². The number of aryl methyl sites for hydroxylation is 4. The maximum absolute atomic E-state index is 11.8. The van der Waals surface area contributed by atoms with Gasteiger partial charge in [0.1, 0.15) is 23.3 Å². The summed E-state index contributed by atoms with van der Waals surface area (Å²) in [7, 11) is 0. The molecule has 20 nitrogen and oxygen atoms in total. The average molecular weight is 1000 g/mol. The van der Waals surface area contributed by atoms with Crippen LogP contribution in [0, 0.1) is 0 Å². The third-order valence-electron chi connectivity index (χ3n) is 13.0. The summed E-state index contributed by atoms with van der Waals surface area (Å²) < 4.78 is 3.16. The van der Waals surface area contributed by atoms with Crippen LogP contribution in [-0.4, -0.2) is 115 Å². The number of nitrogens with one attached hydrogen (secondary N) is 4. The molecule has 0 bridgehead atoms. The van der Waals surface area contributed by atoms with Gasteiger partial charge in [0.2, 0.25) is 0 Å². The maximum atomic E-state index is 11.8. The molecule has 4 aromatic rings. The van der Waals surface area contributed by atoms with Gasteiger partial charge in [0, 0.05) is 84.8 Å². The quantitative estimate of drug-likeness (QED) is 0.0904. The van der Waals surface area contributed by atoms with Crippen molar-refractivity contribution in [2.45, 2.75) is 157 Å². The molecule has 2 aliphatic heterocycles. The predicted molar refractivity (Wildman–Crippen MR) is 274 cm³/mol. The zero-order chi connectivity index (χ0) is 53.2. The molecule has 2 unspecified atom stereocenters. The van der Waals surface area contributed by atoms with Crippen LogP contribution in [0.3, 0.4) is 0 Å². The van der Waals surface area contributed by atoms with Crippen LogP contribution in [0.1, 0.15) is 131 Å². The molecule has 0 radical (unpaired) electrons. The van der Waals surface area contributed by atoms with Crippen molar-refractivity contribution >= 4 is 23.6 Å². The summed E-state index contributed by atoms with van der Waals surface area (Å²) in [6.45, 7) is 31.6. The Labute approximate surface area is 423 Å². The van der Waals surface area contributed by atoms with Crippen molar-refractivity contribution in [2.75, 3.05) is 62.2 Å². The van der Waals surface area contributed by atoms with E-state index in [2.05, 4.69) is 101 Å². The molecule has 6 heterocycles. The van der Waals surface area contributed by atoms with Gasteiger partial charge in [-0.3, -0.25) is 19.6 Å². The van der Waals surface area contributed by atoms with Gasteiger partial charge in [0.05, 0.1) is 76.4 Å². The van der Waals surface area contributed by atoms with Crippen LogP contribution in [0.15, 0.2) is 68.0 Å². The highest BCUT2D eigenvalue weighted by Gasteiger charge is 2.29. The first-order valence-corrected chi connectivity index (χ1v) is 25.6. The van der Waals surface area contributed by atoms with Crippen molar-refractivity contribution in [3.8, 4) is 0 Å². The molecule has 0 aliphatic carbocycles. The first-order chi connectivity index (χ1) is 34.0. The number of carbonyl (C=O) groups excluding carboxylic acids is 2. The standard InChI is InChI=1S/2C24H38N6O2.C4H4O4/c2*1-6-8-19-17-20(26-22(25-19)24(3,4)5)29-15-13-28(14-16-29)18(2)9-7-11-30-12-10-21(31)27-23(30)32;5-3(6)1-2-4(7)8/h2*10,12,17-18H,6-9,11,13-16H2,1-5H3,(H,27,31,32);1-2H,(H,5,6)(H,7,8)/b;;2-1+. The Hall–Kier alpha value is -6.28. The van der Waals surface area contributed by atoms with E-state index in [4.69, 9.17) is 19.9 Å². The van der Waals surface area contributed by atoms with Gasteiger partial charge in [-0.05, 0) is 51.7 Å². The van der Waals surface area contributed by atoms with Crippen molar-refractivity contribution in [1.29, 1.82) is 0 Å². The molecule has 4 aromatic heterocycles. The molecule has 2 aliphatic rings. The number of anilines is 2. The second-order valence-corrected chi connectivity index (χ2v) is 21.0. The van der Waals surface area contributed by atoms with E-state index in [0.29, 0.717) is 37.3 Å². The molecule has 396 valence electrons.